The number of aliphatic hydroxyl groups is 1. The summed E-state index contributed by atoms with van der Waals surface area (Å²) in [5.41, 5.74) is -1.03. The highest BCUT2D eigenvalue weighted by Crippen LogP contribution is 2.26. The van der Waals surface area contributed by atoms with Crippen LogP contribution in [0.1, 0.15) is 19.3 Å². The van der Waals surface area contributed by atoms with E-state index in [2.05, 4.69) is 4.90 Å². The molecular formula is C10H19NO4. The van der Waals surface area contributed by atoms with E-state index in [4.69, 9.17) is 14.9 Å². The van der Waals surface area contributed by atoms with Crippen molar-refractivity contribution in [1.82, 2.24) is 4.90 Å². The van der Waals surface area contributed by atoms with Crippen LogP contribution in [0, 0.1) is 0 Å². The number of carboxylic acid groups (broad SMARTS) is 1. The molecule has 0 aromatic heterocycles. The Morgan fingerprint density at radius 2 is 2.07 bits per heavy atom. The zero-order valence-electron chi connectivity index (χ0n) is 9.11. The number of hydrogen-bond donors (Lipinski definition) is 2. The molecule has 0 aromatic rings. The van der Waals surface area contributed by atoms with Gasteiger partial charge in [0.05, 0.1) is 6.61 Å². The summed E-state index contributed by atoms with van der Waals surface area (Å²) in [6.45, 7) is 1.83. The number of ether oxygens (including phenoxy) is 1. The Hall–Kier alpha value is -0.650. The average Bonchev–Trinajstić information content (AvgIpc) is 2.21. The van der Waals surface area contributed by atoms with Crippen LogP contribution >= 0.6 is 0 Å². The van der Waals surface area contributed by atoms with Crippen LogP contribution in [0.2, 0.25) is 0 Å². The van der Waals surface area contributed by atoms with Gasteiger partial charge in [0.25, 0.3) is 0 Å². The summed E-state index contributed by atoms with van der Waals surface area (Å²) in [7, 11) is 1.97. The van der Waals surface area contributed by atoms with Crippen LogP contribution in [0.3, 0.4) is 0 Å². The molecule has 0 saturated carbocycles. The van der Waals surface area contributed by atoms with Gasteiger partial charge in [0, 0.05) is 19.7 Å². The molecule has 0 aliphatic carbocycles. The zero-order valence-corrected chi connectivity index (χ0v) is 9.11. The normalized spacial score (nSPS) is 21.5. The number of likely N-dealkylation sites (tertiary alicyclic amines) is 1. The molecule has 0 atom stereocenters. The van der Waals surface area contributed by atoms with Crippen LogP contribution in [-0.2, 0) is 9.53 Å². The molecule has 1 saturated heterocycles. The van der Waals surface area contributed by atoms with Gasteiger partial charge in [0.2, 0.25) is 0 Å². The van der Waals surface area contributed by atoms with Crippen molar-refractivity contribution in [2.24, 2.45) is 0 Å². The fourth-order valence-electron chi connectivity index (χ4n) is 1.73. The largest absolute Gasteiger partial charge is 0.479 e. The van der Waals surface area contributed by atoms with Crippen molar-refractivity contribution in [3.63, 3.8) is 0 Å². The molecule has 1 heterocycles. The number of aliphatic hydroxyl groups excluding tert-OH is 1. The van der Waals surface area contributed by atoms with E-state index in [9.17, 15) is 4.79 Å². The third-order valence-electron chi connectivity index (χ3n) is 2.87. The van der Waals surface area contributed by atoms with Crippen molar-refractivity contribution in [2.75, 3.05) is 33.4 Å². The van der Waals surface area contributed by atoms with Crippen molar-refractivity contribution in [3.8, 4) is 0 Å². The molecule has 0 aromatic carbocycles. The first-order valence-corrected chi connectivity index (χ1v) is 5.27. The van der Waals surface area contributed by atoms with Crippen LogP contribution in [-0.4, -0.2) is 60.0 Å². The molecule has 2 N–H and O–H groups in total. The second kappa shape index (κ2) is 5.44. The predicted octanol–water partition coefficient (Wildman–Crippen LogP) is -0.0656. The van der Waals surface area contributed by atoms with E-state index in [1.165, 1.54) is 0 Å². The van der Waals surface area contributed by atoms with Gasteiger partial charge < -0.3 is 19.8 Å². The summed E-state index contributed by atoms with van der Waals surface area (Å²) >= 11 is 0. The maximum atomic E-state index is 11.2. The SMILES string of the molecule is CN1CCC(OCCCO)(C(=O)O)CC1. The van der Waals surface area contributed by atoms with Gasteiger partial charge in [-0.15, -0.1) is 0 Å². The standard InChI is InChI=1S/C10H19NO4/c1-11-5-3-10(4-6-11,9(13)14)15-8-2-7-12/h12H,2-8H2,1H3,(H,13,14). The molecule has 1 rings (SSSR count). The van der Waals surface area contributed by atoms with Crippen molar-refractivity contribution in [3.05, 3.63) is 0 Å². The van der Waals surface area contributed by atoms with Gasteiger partial charge in [0.1, 0.15) is 0 Å². The van der Waals surface area contributed by atoms with Gasteiger partial charge >= 0.3 is 5.97 Å². The fourth-order valence-corrected chi connectivity index (χ4v) is 1.73. The highest BCUT2D eigenvalue weighted by Gasteiger charge is 2.41. The number of hydrogen-bond acceptors (Lipinski definition) is 4. The van der Waals surface area contributed by atoms with Crippen LogP contribution in [0.4, 0.5) is 0 Å². The van der Waals surface area contributed by atoms with E-state index in [1.54, 1.807) is 0 Å². The van der Waals surface area contributed by atoms with Crippen LogP contribution in [0.15, 0.2) is 0 Å². The van der Waals surface area contributed by atoms with E-state index < -0.39 is 11.6 Å². The molecular weight excluding hydrogens is 198 g/mol. The molecule has 1 aliphatic rings. The van der Waals surface area contributed by atoms with Gasteiger partial charge in [-0.3, -0.25) is 0 Å². The Labute approximate surface area is 89.6 Å². The number of carbonyl (C=O) groups is 1. The summed E-state index contributed by atoms with van der Waals surface area (Å²) in [4.78, 5) is 13.3. The lowest BCUT2D eigenvalue weighted by Gasteiger charge is -2.37. The Kier molecular flexibility index (Phi) is 4.50. The van der Waals surface area contributed by atoms with Crippen molar-refractivity contribution in [1.29, 1.82) is 0 Å². The molecule has 0 unspecified atom stereocenters. The van der Waals surface area contributed by atoms with Gasteiger partial charge in [-0.2, -0.15) is 0 Å². The lowest BCUT2D eigenvalue weighted by Crippen LogP contribution is -2.50. The zero-order chi connectivity index (χ0) is 11.3. The summed E-state index contributed by atoms with van der Waals surface area (Å²) < 4.78 is 5.43. The molecule has 5 nitrogen and oxygen atoms in total. The predicted molar refractivity (Wildman–Crippen MR) is 54.8 cm³/mol. The lowest BCUT2D eigenvalue weighted by atomic mass is 9.91. The van der Waals surface area contributed by atoms with Gasteiger partial charge in [-0.25, -0.2) is 4.79 Å². The number of aliphatic carboxylic acids is 1. The van der Waals surface area contributed by atoms with Crippen LogP contribution < -0.4 is 0 Å². The van der Waals surface area contributed by atoms with Crippen LogP contribution in [0.25, 0.3) is 0 Å². The first-order chi connectivity index (χ1) is 7.10. The Morgan fingerprint density at radius 1 is 1.47 bits per heavy atom. The molecule has 15 heavy (non-hydrogen) atoms. The molecule has 0 bridgehead atoms. The second-order valence-corrected chi connectivity index (χ2v) is 4.03. The monoisotopic (exact) mass is 217 g/mol. The second-order valence-electron chi connectivity index (χ2n) is 4.03. The van der Waals surface area contributed by atoms with E-state index in [0.29, 0.717) is 25.9 Å². The Bertz CT molecular complexity index is 211. The van der Waals surface area contributed by atoms with Gasteiger partial charge in [-0.05, 0) is 26.3 Å². The first-order valence-electron chi connectivity index (χ1n) is 5.27. The van der Waals surface area contributed by atoms with Crippen LogP contribution in [0.5, 0.6) is 0 Å². The number of rotatable bonds is 5. The fraction of sp³-hybridized carbons (Fsp3) is 0.900. The Morgan fingerprint density at radius 3 is 2.53 bits per heavy atom. The van der Waals surface area contributed by atoms with Crippen molar-refractivity contribution >= 4 is 5.97 Å². The van der Waals surface area contributed by atoms with Crippen molar-refractivity contribution in [2.45, 2.75) is 24.9 Å². The molecule has 1 fully saturated rings. The molecule has 0 amide bonds. The number of piperidine rings is 1. The topological polar surface area (TPSA) is 70.0 Å². The Balaban J connectivity index is 2.51. The van der Waals surface area contributed by atoms with E-state index in [-0.39, 0.29) is 6.61 Å². The van der Waals surface area contributed by atoms with E-state index in [0.717, 1.165) is 13.1 Å². The highest BCUT2D eigenvalue weighted by atomic mass is 16.5. The van der Waals surface area contributed by atoms with E-state index >= 15 is 0 Å². The minimum Gasteiger partial charge on any atom is -0.479 e. The minimum atomic E-state index is -1.03. The summed E-state index contributed by atoms with van der Waals surface area (Å²) in [5.74, 6) is -0.881. The molecule has 0 spiro atoms. The third-order valence-corrected chi connectivity index (χ3v) is 2.87. The molecule has 1 aliphatic heterocycles. The number of carboxylic acids is 1. The first kappa shape index (κ1) is 12.4. The average molecular weight is 217 g/mol. The van der Waals surface area contributed by atoms with E-state index in [1.807, 2.05) is 7.05 Å². The summed E-state index contributed by atoms with van der Waals surface area (Å²) in [6, 6.07) is 0. The highest BCUT2D eigenvalue weighted by molar-refractivity contribution is 5.77. The maximum Gasteiger partial charge on any atom is 0.336 e. The molecule has 0 radical (unpaired) electrons. The lowest BCUT2D eigenvalue weighted by molar-refractivity contribution is -0.173. The maximum absolute atomic E-state index is 11.2. The third kappa shape index (κ3) is 3.15. The summed E-state index contributed by atoms with van der Waals surface area (Å²) in [6.07, 6.45) is 1.53. The quantitative estimate of drug-likeness (QED) is 0.631. The summed E-state index contributed by atoms with van der Waals surface area (Å²) in [5, 5.41) is 17.8. The minimum absolute atomic E-state index is 0.0373. The smallest absolute Gasteiger partial charge is 0.336 e. The molecule has 88 valence electrons. The van der Waals surface area contributed by atoms with Gasteiger partial charge in [-0.1, -0.05) is 0 Å². The van der Waals surface area contributed by atoms with Crippen molar-refractivity contribution < 1.29 is 19.7 Å². The number of nitrogens with zero attached hydrogens (tertiary/aromatic N) is 1. The van der Waals surface area contributed by atoms with Gasteiger partial charge in [0.15, 0.2) is 5.60 Å². The molecule has 5 heteroatoms.